The van der Waals surface area contributed by atoms with Gasteiger partial charge in [0.1, 0.15) is 17.2 Å². The van der Waals surface area contributed by atoms with E-state index in [2.05, 4.69) is 5.32 Å². The van der Waals surface area contributed by atoms with Crippen LogP contribution in [0.5, 0.6) is 17.2 Å². The van der Waals surface area contributed by atoms with Crippen LogP contribution < -0.4 is 19.5 Å². The van der Waals surface area contributed by atoms with Crippen molar-refractivity contribution in [2.24, 2.45) is 0 Å². The first-order valence-electron chi connectivity index (χ1n) is 8.51. The van der Waals surface area contributed by atoms with E-state index >= 15 is 0 Å². The normalized spacial score (nSPS) is 10.2. The van der Waals surface area contributed by atoms with Crippen LogP contribution in [0.4, 0.5) is 5.69 Å². The molecule has 0 amide bonds. The van der Waals surface area contributed by atoms with E-state index < -0.39 is 0 Å². The van der Waals surface area contributed by atoms with E-state index in [-0.39, 0.29) is 0 Å². The van der Waals surface area contributed by atoms with Crippen molar-refractivity contribution < 1.29 is 18.9 Å². The highest BCUT2D eigenvalue weighted by Crippen LogP contribution is 2.29. The Morgan fingerprint density at radius 1 is 0.926 bits per heavy atom. The standard InChI is InChI=1S/C20H26N2O4S/c1-23-12-11-22(14-15-5-7-16(24-2)8-6-15)20(27)21-18-10-9-17(25-3)13-19(18)26-4/h5-10,13H,11-12,14H2,1-4H3,(H,21,27). The summed E-state index contributed by atoms with van der Waals surface area (Å²) >= 11 is 5.64. The Balaban J connectivity index is 2.13. The van der Waals surface area contributed by atoms with Gasteiger partial charge >= 0.3 is 0 Å². The Kier molecular flexibility index (Phi) is 8.16. The first-order chi connectivity index (χ1) is 13.1. The number of hydrogen-bond acceptors (Lipinski definition) is 5. The zero-order chi connectivity index (χ0) is 19.6. The molecule has 0 aliphatic rings. The molecule has 0 bridgehead atoms. The van der Waals surface area contributed by atoms with Crippen molar-refractivity contribution in [2.75, 3.05) is 46.9 Å². The van der Waals surface area contributed by atoms with Crippen LogP contribution in [0.2, 0.25) is 0 Å². The van der Waals surface area contributed by atoms with Crippen molar-refractivity contribution in [1.82, 2.24) is 4.90 Å². The third-order valence-electron chi connectivity index (χ3n) is 4.04. The zero-order valence-corrected chi connectivity index (χ0v) is 17.0. The van der Waals surface area contributed by atoms with Crippen LogP contribution in [-0.4, -0.2) is 51.6 Å². The number of thiocarbonyl (C=S) groups is 1. The van der Waals surface area contributed by atoms with Gasteiger partial charge in [-0.25, -0.2) is 0 Å². The molecule has 0 fully saturated rings. The number of benzene rings is 2. The van der Waals surface area contributed by atoms with Crippen LogP contribution in [0.1, 0.15) is 5.56 Å². The summed E-state index contributed by atoms with van der Waals surface area (Å²) in [7, 11) is 6.56. The summed E-state index contributed by atoms with van der Waals surface area (Å²) in [5.74, 6) is 2.21. The number of nitrogens with zero attached hydrogens (tertiary/aromatic N) is 1. The van der Waals surface area contributed by atoms with E-state index in [1.54, 1.807) is 28.4 Å². The van der Waals surface area contributed by atoms with Gasteiger partial charge in [-0.3, -0.25) is 0 Å². The monoisotopic (exact) mass is 390 g/mol. The molecule has 0 spiro atoms. The number of methoxy groups -OCH3 is 4. The molecule has 2 rings (SSSR count). The van der Waals surface area contributed by atoms with Gasteiger partial charge in [0, 0.05) is 26.3 Å². The van der Waals surface area contributed by atoms with Crippen molar-refractivity contribution in [3.05, 3.63) is 48.0 Å². The van der Waals surface area contributed by atoms with Crippen molar-refractivity contribution in [1.29, 1.82) is 0 Å². The summed E-state index contributed by atoms with van der Waals surface area (Å²) in [4.78, 5) is 2.05. The molecular formula is C20H26N2O4S. The van der Waals surface area contributed by atoms with Gasteiger partial charge in [0.25, 0.3) is 0 Å². The molecule has 0 unspecified atom stereocenters. The van der Waals surface area contributed by atoms with Crippen molar-refractivity contribution >= 4 is 23.0 Å². The average Bonchev–Trinajstić information content (AvgIpc) is 2.71. The predicted molar refractivity (Wildman–Crippen MR) is 111 cm³/mol. The number of rotatable bonds is 9. The Labute approximate surface area is 166 Å². The third-order valence-corrected chi connectivity index (χ3v) is 4.40. The minimum Gasteiger partial charge on any atom is -0.497 e. The van der Waals surface area contributed by atoms with Gasteiger partial charge in [-0.2, -0.15) is 0 Å². The van der Waals surface area contributed by atoms with Crippen LogP contribution in [0.25, 0.3) is 0 Å². The lowest BCUT2D eigenvalue weighted by Crippen LogP contribution is -2.36. The van der Waals surface area contributed by atoms with E-state index in [0.717, 1.165) is 22.7 Å². The SMILES string of the molecule is COCCN(Cc1ccc(OC)cc1)C(=S)Nc1ccc(OC)cc1OC. The number of nitrogens with one attached hydrogen (secondary N) is 1. The van der Waals surface area contributed by atoms with Crippen LogP contribution in [0, 0.1) is 0 Å². The molecule has 2 aromatic rings. The molecule has 0 aromatic heterocycles. The minimum atomic E-state index is 0.567. The molecule has 0 heterocycles. The van der Waals surface area contributed by atoms with Crippen LogP contribution >= 0.6 is 12.2 Å². The quantitative estimate of drug-likeness (QED) is 0.657. The molecule has 0 aliphatic carbocycles. The summed E-state index contributed by atoms with van der Waals surface area (Å²) < 4.78 is 21.1. The molecule has 1 N–H and O–H groups in total. The Morgan fingerprint density at radius 2 is 1.59 bits per heavy atom. The molecule has 0 radical (unpaired) electrons. The average molecular weight is 391 g/mol. The maximum Gasteiger partial charge on any atom is 0.173 e. The van der Waals surface area contributed by atoms with Gasteiger partial charge in [-0.05, 0) is 42.0 Å². The smallest absolute Gasteiger partial charge is 0.173 e. The Morgan fingerprint density at radius 3 is 2.19 bits per heavy atom. The number of ether oxygens (including phenoxy) is 4. The fourth-order valence-electron chi connectivity index (χ4n) is 2.50. The minimum absolute atomic E-state index is 0.567. The fourth-order valence-corrected chi connectivity index (χ4v) is 2.77. The van der Waals surface area contributed by atoms with Crippen LogP contribution in [0.15, 0.2) is 42.5 Å². The molecule has 146 valence electrons. The lowest BCUT2D eigenvalue weighted by Gasteiger charge is -2.26. The topological polar surface area (TPSA) is 52.2 Å². The Hall–Kier alpha value is -2.51. The molecule has 6 nitrogen and oxygen atoms in total. The molecule has 2 aromatic carbocycles. The lowest BCUT2D eigenvalue weighted by molar-refractivity contribution is 0.175. The second-order valence-corrected chi connectivity index (χ2v) is 6.15. The molecule has 0 saturated heterocycles. The molecule has 0 atom stereocenters. The van der Waals surface area contributed by atoms with E-state index in [1.165, 1.54) is 0 Å². The van der Waals surface area contributed by atoms with Gasteiger partial charge < -0.3 is 29.2 Å². The molecule has 0 saturated carbocycles. The first-order valence-corrected chi connectivity index (χ1v) is 8.92. The van der Waals surface area contributed by atoms with Crippen molar-refractivity contribution in [2.45, 2.75) is 6.54 Å². The fraction of sp³-hybridized carbons (Fsp3) is 0.350. The summed E-state index contributed by atoms with van der Waals surface area (Å²) in [6.07, 6.45) is 0. The van der Waals surface area contributed by atoms with Gasteiger partial charge in [-0.15, -0.1) is 0 Å². The second kappa shape index (κ2) is 10.6. The highest BCUT2D eigenvalue weighted by atomic mass is 32.1. The Bertz CT molecular complexity index is 737. The largest absolute Gasteiger partial charge is 0.497 e. The molecular weight excluding hydrogens is 364 g/mol. The van der Waals surface area contributed by atoms with Crippen molar-refractivity contribution in [3.8, 4) is 17.2 Å². The summed E-state index contributed by atoms with van der Waals surface area (Å²) in [5, 5.41) is 3.85. The summed E-state index contributed by atoms with van der Waals surface area (Å²) in [5.41, 5.74) is 1.90. The zero-order valence-electron chi connectivity index (χ0n) is 16.2. The predicted octanol–water partition coefficient (Wildman–Crippen LogP) is 3.56. The molecule has 7 heteroatoms. The number of anilines is 1. The van der Waals surface area contributed by atoms with E-state index in [0.29, 0.717) is 30.6 Å². The van der Waals surface area contributed by atoms with Gasteiger partial charge in [0.2, 0.25) is 0 Å². The summed E-state index contributed by atoms with van der Waals surface area (Å²) in [6, 6.07) is 13.5. The van der Waals surface area contributed by atoms with Gasteiger partial charge in [-0.1, -0.05) is 12.1 Å². The maximum absolute atomic E-state index is 5.64. The number of hydrogen-bond donors (Lipinski definition) is 1. The van der Waals surface area contributed by atoms with Gasteiger partial charge in [0.05, 0.1) is 33.6 Å². The highest BCUT2D eigenvalue weighted by molar-refractivity contribution is 7.80. The van der Waals surface area contributed by atoms with Gasteiger partial charge in [0.15, 0.2) is 5.11 Å². The van der Waals surface area contributed by atoms with E-state index in [4.69, 9.17) is 31.2 Å². The molecule has 27 heavy (non-hydrogen) atoms. The van der Waals surface area contributed by atoms with Crippen LogP contribution in [0.3, 0.4) is 0 Å². The van der Waals surface area contributed by atoms with E-state index in [1.807, 2.05) is 47.4 Å². The van der Waals surface area contributed by atoms with Crippen LogP contribution in [-0.2, 0) is 11.3 Å². The third kappa shape index (κ3) is 6.01. The molecule has 0 aliphatic heterocycles. The second-order valence-electron chi connectivity index (χ2n) is 5.76. The lowest BCUT2D eigenvalue weighted by atomic mass is 10.2. The van der Waals surface area contributed by atoms with E-state index in [9.17, 15) is 0 Å². The highest BCUT2D eigenvalue weighted by Gasteiger charge is 2.13. The maximum atomic E-state index is 5.64. The first kappa shape index (κ1) is 20.8. The summed E-state index contributed by atoms with van der Waals surface area (Å²) in [6.45, 7) is 1.88. The van der Waals surface area contributed by atoms with Crippen molar-refractivity contribution in [3.63, 3.8) is 0 Å².